The number of likely N-dealkylation sites (tertiary alicyclic amines) is 1. The van der Waals surface area contributed by atoms with Crippen LogP contribution in [0.3, 0.4) is 0 Å². The molecule has 0 amide bonds. The van der Waals surface area contributed by atoms with Crippen LogP contribution in [-0.4, -0.2) is 72.5 Å². The Morgan fingerprint density at radius 2 is 1.57 bits per heavy atom. The highest BCUT2D eigenvalue weighted by molar-refractivity contribution is 5.61. The normalized spacial score (nSPS) is 30.2. The zero-order valence-electron chi connectivity index (χ0n) is 28.4. The fourth-order valence-electron chi connectivity index (χ4n) is 10.3. The molecular weight excluding hydrogens is 580 g/mol. The number of hydrogen-bond acceptors (Lipinski definition) is 5. The number of benzene rings is 3. The van der Waals surface area contributed by atoms with Crippen molar-refractivity contribution in [2.75, 3.05) is 33.3 Å². The second-order valence-electron chi connectivity index (χ2n) is 15.3. The monoisotopic (exact) mass is 634 g/mol. The highest BCUT2D eigenvalue weighted by atomic mass is 16.5. The highest BCUT2D eigenvalue weighted by Crippen LogP contribution is 2.64. The van der Waals surface area contributed by atoms with Crippen LogP contribution in [0, 0.1) is 11.8 Å². The van der Waals surface area contributed by atoms with Gasteiger partial charge in [0.2, 0.25) is 0 Å². The number of aryl methyl sites for hydroxylation is 2. The SMILES string of the molecule is COc1ccc2c3c1O[C@H]1[C@H](N(CCCCCCc4ccccc4)CCCc4ccccc4)CC[C@H]4[C@@H](C2)N(CC2CC2O)CC[C@@]341. The van der Waals surface area contributed by atoms with Crippen LogP contribution in [0.15, 0.2) is 72.8 Å². The van der Waals surface area contributed by atoms with E-state index in [4.69, 9.17) is 9.47 Å². The Labute approximate surface area is 282 Å². The molecule has 250 valence electrons. The maximum absolute atomic E-state index is 10.2. The minimum atomic E-state index is -0.0845. The van der Waals surface area contributed by atoms with Gasteiger partial charge in [0.25, 0.3) is 0 Å². The van der Waals surface area contributed by atoms with Gasteiger partial charge in [-0.15, -0.1) is 0 Å². The van der Waals surface area contributed by atoms with Crippen LogP contribution in [0.2, 0.25) is 0 Å². The van der Waals surface area contributed by atoms with E-state index in [1.807, 2.05) is 0 Å². The van der Waals surface area contributed by atoms with Crippen molar-refractivity contribution in [1.82, 2.24) is 9.80 Å². The van der Waals surface area contributed by atoms with Crippen LogP contribution in [0.1, 0.15) is 80.0 Å². The lowest BCUT2D eigenvalue weighted by molar-refractivity contribution is -0.0901. The smallest absolute Gasteiger partial charge is 0.165 e. The molecule has 2 aliphatic heterocycles. The van der Waals surface area contributed by atoms with Crippen LogP contribution in [0.5, 0.6) is 11.5 Å². The molecule has 3 fully saturated rings. The number of methoxy groups -OCH3 is 1. The third-order valence-corrected chi connectivity index (χ3v) is 12.7. The van der Waals surface area contributed by atoms with Gasteiger partial charge in [0, 0.05) is 35.5 Å². The summed E-state index contributed by atoms with van der Waals surface area (Å²) in [7, 11) is 1.80. The molecule has 2 heterocycles. The number of unbranched alkanes of at least 4 members (excludes halogenated alkanes) is 3. The summed E-state index contributed by atoms with van der Waals surface area (Å²) < 4.78 is 13.2. The molecule has 47 heavy (non-hydrogen) atoms. The minimum absolute atomic E-state index is 0.0665. The molecule has 2 saturated carbocycles. The van der Waals surface area contributed by atoms with E-state index >= 15 is 0 Å². The van der Waals surface area contributed by atoms with Crippen molar-refractivity contribution in [3.8, 4) is 11.5 Å². The third kappa shape index (κ3) is 6.02. The van der Waals surface area contributed by atoms with Gasteiger partial charge in [0.15, 0.2) is 11.5 Å². The number of ether oxygens (including phenoxy) is 2. The molecule has 1 spiro atoms. The lowest BCUT2D eigenvalue weighted by Crippen LogP contribution is -2.69. The largest absolute Gasteiger partial charge is 0.493 e. The maximum atomic E-state index is 10.2. The van der Waals surface area contributed by atoms with E-state index in [0.717, 1.165) is 63.4 Å². The molecule has 5 nitrogen and oxygen atoms in total. The first-order valence-corrected chi connectivity index (χ1v) is 18.8. The van der Waals surface area contributed by atoms with Crippen LogP contribution in [0.25, 0.3) is 0 Å². The molecule has 0 aromatic heterocycles. The van der Waals surface area contributed by atoms with E-state index in [1.165, 1.54) is 73.6 Å². The molecule has 3 aromatic rings. The summed E-state index contributed by atoms with van der Waals surface area (Å²) >= 11 is 0. The van der Waals surface area contributed by atoms with Gasteiger partial charge in [0.1, 0.15) is 6.10 Å². The second-order valence-corrected chi connectivity index (χ2v) is 15.3. The summed E-state index contributed by atoms with van der Waals surface area (Å²) in [5, 5.41) is 10.2. The summed E-state index contributed by atoms with van der Waals surface area (Å²) in [5.74, 6) is 3.05. The Hall–Kier alpha value is -2.86. The first-order valence-electron chi connectivity index (χ1n) is 18.8. The molecular formula is C42H54N2O3. The summed E-state index contributed by atoms with van der Waals surface area (Å²) in [6.07, 6.45) is 14.4. The maximum Gasteiger partial charge on any atom is 0.165 e. The number of nitrogens with zero attached hydrogens (tertiary/aromatic N) is 2. The predicted octanol–water partition coefficient (Wildman–Crippen LogP) is 7.22. The molecule has 8 rings (SSSR count). The number of aliphatic hydroxyl groups is 1. The number of hydrogen-bond donors (Lipinski definition) is 1. The van der Waals surface area contributed by atoms with Gasteiger partial charge >= 0.3 is 0 Å². The number of rotatable bonds is 15. The molecule has 2 bridgehead atoms. The molecule has 5 heteroatoms. The van der Waals surface area contributed by atoms with Crippen molar-refractivity contribution in [3.63, 3.8) is 0 Å². The molecule has 7 atom stereocenters. The Morgan fingerprint density at radius 1 is 0.872 bits per heavy atom. The van der Waals surface area contributed by atoms with Gasteiger partial charge < -0.3 is 14.6 Å². The van der Waals surface area contributed by atoms with Gasteiger partial charge in [-0.2, -0.15) is 0 Å². The van der Waals surface area contributed by atoms with Gasteiger partial charge in [-0.05, 0) is 113 Å². The van der Waals surface area contributed by atoms with E-state index in [9.17, 15) is 5.11 Å². The van der Waals surface area contributed by atoms with Crippen molar-refractivity contribution >= 4 is 0 Å². The first-order chi connectivity index (χ1) is 23.2. The lowest BCUT2D eigenvalue weighted by Gasteiger charge is -2.60. The summed E-state index contributed by atoms with van der Waals surface area (Å²) in [4.78, 5) is 5.64. The van der Waals surface area contributed by atoms with Crippen molar-refractivity contribution in [2.24, 2.45) is 11.8 Å². The van der Waals surface area contributed by atoms with Gasteiger partial charge in [0.05, 0.1) is 13.2 Å². The summed E-state index contributed by atoms with van der Waals surface area (Å²) in [5.41, 5.74) is 5.96. The predicted molar refractivity (Wildman–Crippen MR) is 188 cm³/mol. The average Bonchev–Trinajstić information content (AvgIpc) is 3.69. The van der Waals surface area contributed by atoms with Gasteiger partial charge in [-0.1, -0.05) is 79.6 Å². The first kappa shape index (κ1) is 31.4. The molecule has 3 aliphatic carbocycles. The van der Waals surface area contributed by atoms with Crippen molar-refractivity contribution < 1.29 is 14.6 Å². The summed E-state index contributed by atoms with van der Waals surface area (Å²) in [6, 6.07) is 27.5. The Kier molecular flexibility index (Phi) is 9.07. The number of aliphatic hydroxyl groups excluding tert-OH is 1. The average molecular weight is 635 g/mol. The molecule has 1 N–H and O–H groups in total. The molecule has 5 aliphatic rings. The fourth-order valence-corrected chi connectivity index (χ4v) is 10.3. The quantitative estimate of drug-likeness (QED) is 0.179. The van der Waals surface area contributed by atoms with Crippen LogP contribution in [0.4, 0.5) is 0 Å². The van der Waals surface area contributed by atoms with E-state index in [2.05, 4.69) is 82.6 Å². The molecule has 3 aromatic carbocycles. The molecule has 2 unspecified atom stereocenters. The standard InChI is InChI=1S/C42H54N2O3/c1-46-38-22-19-32-27-36-34-20-21-35(41-42(34,39(32)40(38)47-41)23-26-44(36)29-33-28-37(33)45)43(25-12-18-31-16-9-5-10-17-31)24-11-3-2-6-13-30-14-7-4-8-15-30/h4-5,7-10,14-17,19,22,33-37,41,45H,2-3,6,11-13,18,20-21,23-29H2,1H3/t33?,34-,35+,36+,37?,41-,42-/m0/s1. The van der Waals surface area contributed by atoms with E-state index in [-0.39, 0.29) is 17.6 Å². The third-order valence-electron chi connectivity index (χ3n) is 12.7. The van der Waals surface area contributed by atoms with Gasteiger partial charge in [-0.3, -0.25) is 9.80 Å². The summed E-state index contributed by atoms with van der Waals surface area (Å²) in [6.45, 7) is 4.45. The zero-order valence-corrected chi connectivity index (χ0v) is 28.4. The second kappa shape index (κ2) is 13.6. The van der Waals surface area contributed by atoms with Crippen molar-refractivity contribution in [1.29, 1.82) is 0 Å². The zero-order chi connectivity index (χ0) is 31.8. The van der Waals surface area contributed by atoms with Crippen LogP contribution < -0.4 is 9.47 Å². The van der Waals surface area contributed by atoms with Crippen molar-refractivity contribution in [2.45, 2.75) is 107 Å². The minimum Gasteiger partial charge on any atom is -0.493 e. The number of piperidine rings is 1. The molecule has 0 radical (unpaired) electrons. The van der Waals surface area contributed by atoms with E-state index < -0.39 is 0 Å². The van der Waals surface area contributed by atoms with Gasteiger partial charge in [-0.25, -0.2) is 0 Å². The Bertz CT molecular complexity index is 1500. The Morgan fingerprint density at radius 3 is 2.30 bits per heavy atom. The van der Waals surface area contributed by atoms with E-state index in [1.54, 1.807) is 7.11 Å². The van der Waals surface area contributed by atoms with Crippen molar-refractivity contribution in [3.05, 3.63) is 95.1 Å². The Balaban J connectivity index is 1.02. The fraction of sp³-hybridized carbons (Fsp3) is 0.571. The molecule has 1 saturated heterocycles. The lowest BCUT2D eigenvalue weighted by atomic mass is 9.51. The van der Waals surface area contributed by atoms with Crippen LogP contribution >= 0.6 is 0 Å². The highest BCUT2D eigenvalue weighted by Gasteiger charge is 2.66. The van der Waals surface area contributed by atoms with Crippen LogP contribution in [-0.2, 0) is 24.7 Å². The topological polar surface area (TPSA) is 45.2 Å². The van der Waals surface area contributed by atoms with E-state index in [0.29, 0.717) is 23.9 Å².